The lowest BCUT2D eigenvalue weighted by molar-refractivity contribution is -0.119. The molecule has 1 unspecified atom stereocenters. The molecule has 0 saturated heterocycles. The van der Waals surface area contributed by atoms with Crippen molar-refractivity contribution in [2.75, 3.05) is 14.2 Å². The fourth-order valence-electron chi connectivity index (χ4n) is 2.75. The van der Waals surface area contributed by atoms with Gasteiger partial charge in [-0.1, -0.05) is 6.08 Å². The number of primary amides is 1. The van der Waals surface area contributed by atoms with E-state index in [1.807, 2.05) is 12.1 Å². The summed E-state index contributed by atoms with van der Waals surface area (Å²) >= 11 is 0. The zero-order valence-electron chi connectivity index (χ0n) is 16.2. The van der Waals surface area contributed by atoms with Crippen LogP contribution < -0.4 is 20.5 Å². The molecule has 9 nitrogen and oxygen atoms in total. The average molecular weight is 395 g/mol. The van der Waals surface area contributed by atoms with E-state index in [0.717, 1.165) is 5.56 Å². The number of hydrogen-bond acceptors (Lipinski definition) is 6. The number of aromatic nitrogens is 3. The third kappa shape index (κ3) is 4.18. The highest BCUT2D eigenvalue weighted by molar-refractivity contribution is 6.06. The highest BCUT2D eigenvalue weighted by Gasteiger charge is 2.21. The second-order valence-corrected chi connectivity index (χ2v) is 6.24. The molecule has 0 spiro atoms. The van der Waals surface area contributed by atoms with Crippen molar-refractivity contribution in [3.8, 4) is 11.6 Å². The lowest BCUT2D eigenvalue weighted by Gasteiger charge is -2.13. The van der Waals surface area contributed by atoms with E-state index >= 15 is 0 Å². The first kappa shape index (κ1) is 19.9. The fraction of sp³-hybridized carbons (Fsp3) is 0.200. The second kappa shape index (κ2) is 8.42. The van der Waals surface area contributed by atoms with Gasteiger partial charge in [0.2, 0.25) is 11.8 Å². The Hall–Kier alpha value is -3.88. The standard InChI is InChI=1S/C20H21N5O4/c1-11(19(21)26)23-20(27)13-6-8-15-17(18(13)29-3)14(24-25-15)7-4-12-5-9-16(28-2)22-10-12/h4-11H,1-3H3,(H2,21,26)(H,23,27)(H,24,25). The fourth-order valence-corrected chi connectivity index (χ4v) is 2.75. The molecule has 0 aliphatic heterocycles. The molecule has 2 heterocycles. The zero-order valence-corrected chi connectivity index (χ0v) is 16.2. The van der Waals surface area contributed by atoms with Crippen LogP contribution in [-0.4, -0.2) is 47.3 Å². The number of hydrogen-bond donors (Lipinski definition) is 3. The molecule has 150 valence electrons. The topological polar surface area (TPSA) is 132 Å². The van der Waals surface area contributed by atoms with E-state index in [-0.39, 0.29) is 5.56 Å². The molecule has 0 saturated carbocycles. The summed E-state index contributed by atoms with van der Waals surface area (Å²) in [6, 6.07) is 6.13. The van der Waals surface area contributed by atoms with Crippen LogP contribution in [0.4, 0.5) is 0 Å². The molecule has 1 atom stereocenters. The molecule has 0 radical (unpaired) electrons. The van der Waals surface area contributed by atoms with Gasteiger partial charge in [0.05, 0.1) is 36.4 Å². The van der Waals surface area contributed by atoms with E-state index < -0.39 is 17.9 Å². The summed E-state index contributed by atoms with van der Waals surface area (Å²) in [5.41, 5.74) is 7.64. The molecule has 9 heteroatoms. The van der Waals surface area contributed by atoms with Crippen molar-refractivity contribution in [1.82, 2.24) is 20.5 Å². The number of amides is 2. The normalized spacial score (nSPS) is 12.1. The van der Waals surface area contributed by atoms with Crippen LogP contribution in [0.1, 0.15) is 28.5 Å². The van der Waals surface area contributed by atoms with Crippen molar-refractivity contribution in [3.05, 3.63) is 47.3 Å². The van der Waals surface area contributed by atoms with Gasteiger partial charge < -0.3 is 20.5 Å². The summed E-state index contributed by atoms with van der Waals surface area (Å²) in [4.78, 5) is 28.0. The molecule has 0 aliphatic carbocycles. The van der Waals surface area contributed by atoms with E-state index in [2.05, 4.69) is 20.5 Å². The summed E-state index contributed by atoms with van der Waals surface area (Å²) in [5.74, 6) is -0.225. The largest absolute Gasteiger partial charge is 0.495 e. The summed E-state index contributed by atoms with van der Waals surface area (Å²) in [7, 11) is 3.02. The van der Waals surface area contributed by atoms with Crippen LogP contribution in [0.25, 0.3) is 23.1 Å². The summed E-state index contributed by atoms with van der Waals surface area (Å²) in [6.07, 6.45) is 5.30. The van der Waals surface area contributed by atoms with Gasteiger partial charge in [0, 0.05) is 12.3 Å². The lowest BCUT2D eigenvalue weighted by atomic mass is 10.1. The lowest BCUT2D eigenvalue weighted by Crippen LogP contribution is -2.42. The van der Waals surface area contributed by atoms with Crippen molar-refractivity contribution in [1.29, 1.82) is 0 Å². The Morgan fingerprint density at radius 3 is 2.59 bits per heavy atom. The Bertz CT molecular complexity index is 1070. The summed E-state index contributed by atoms with van der Waals surface area (Å²) in [6.45, 7) is 1.51. The minimum Gasteiger partial charge on any atom is -0.495 e. The van der Waals surface area contributed by atoms with Crippen molar-refractivity contribution in [2.45, 2.75) is 13.0 Å². The minimum atomic E-state index is -0.811. The van der Waals surface area contributed by atoms with Gasteiger partial charge in [-0.2, -0.15) is 5.10 Å². The number of ether oxygens (including phenoxy) is 2. The maximum Gasteiger partial charge on any atom is 0.255 e. The van der Waals surface area contributed by atoms with Crippen molar-refractivity contribution >= 4 is 34.9 Å². The quantitative estimate of drug-likeness (QED) is 0.558. The van der Waals surface area contributed by atoms with Crippen molar-refractivity contribution in [2.24, 2.45) is 5.73 Å². The van der Waals surface area contributed by atoms with Gasteiger partial charge >= 0.3 is 0 Å². The molecule has 3 aromatic rings. The smallest absolute Gasteiger partial charge is 0.255 e. The van der Waals surface area contributed by atoms with Gasteiger partial charge in [-0.05, 0) is 36.8 Å². The maximum atomic E-state index is 12.6. The number of rotatable bonds is 7. The van der Waals surface area contributed by atoms with Crippen LogP contribution in [0.5, 0.6) is 11.6 Å². The number of fused-ring (bicyclic) bond motifs is 1. The maximum absolute atomic E-state index is 12.6. The number of H-pyrrole nitrogens is 1. The summed E-state index contributed by atoms with van der Waals surface area (Å²) in [5, 5.41) is 10.4. The first-order valence-electron chi connectivity index (χ1n) is 8.78. The van der Waals surface area contributed by atoms with E-state index in [1.54, 1.807) is 37.6 Å². The van der Waals surface area contributed by atoms with Gasteiger partial charge in [-0.15, -0.1) is 0 Å². The zero-order chi connectivity index (χ0) is 21.0. The van der Waals surface area contributed by atoms with Gasteiger partial charge in [0.25, 0.3) is 5.91 Å². The van der Waals surface area contributed by atoms with Crippen molar-refractivity contribution in [3.63, 3.8) is 0 Å². The molecule has 2 aromatic heterocycles. The Labute approximate surface area is 166 Å². The van der Waals surface area contributed by atoms with Crippen LogP contribution in [0, 0.1) is 0 Å². The number of benzene rings is 1. The molecule has 1 aromatic carbocycles. The summed E-state index contributed by atoms with van der Waals surface area (Å²) < 4.78 is 10.6. The Morgan fingerprint density at radius 1 is 1.17 bits per heavy atom. The highest BCUT2D eigenvalue weighted by atomic mass is 16.5. The molecule has 4 N–H and O–H groups in total. The molecular formula is C20H21N5O4. The second-order valence-electron chi connectivity index (χ2n) is 6.24. The number of carbonyl (C=O) groups excluding carboxylic acids is 2. The molecule has 0 aliphatic rings. The molecule has 0 fully saturated rings. The van der Waals surface area contributed by atoms with Gasteiger partial charge in [-0.3, -0.25) is 14.7 Å². The minimum absolute atomic E-state index is 0.273. The van der Waals surface area contributed by atoms with E-state index in [4.69, 9.17) is 15.2 Å². The number of nitrogens with zero attached hydrogens (tertiary/aromatic N) is 2. The van der Waals surface area contributed by atoms with Crippen LogP contribution in [0.2, 0.25) is 0 Å². The van der Waals surface area contributed by atoms with E-state index in [0.29, 0.717) is 28.2 Å². The number of pyridine rings is 1. The Balaban J connectivity index is 1.97. The number of carbonyl (C=O) groups is 2. The number of nitrogens with two attached hydrogens (primary N) is 1. The average Bonchev–Trinajstić information content (AvgIpc) is 3.14. The first-order valence-corrected chi connectivity index (χ1v) is 8.78. The first-order chi connectivity index (χ1) is 13.9. The SMILES string of the molecule is COc1ccc(C=Cc2n[nH]c3ccc(C(=O)NC(C)C(N)=O)c(OC)c23)cn1. The van der Waals surface area contributed by atoms with E-state index in [9.17, 15) is 9.59 Å². The third-order valence-corrected chi connectivity index (χ3v) is 4.34. The monoisotopic (exact) mass is 395 g/mol. The van der Waals surface area contributed by atoms with Gasteiger partial charge in [0.1, 0.15) is 11.8 Å². The predicted octanol–water partition coefficient (Wildman–Crippen LogP) is 1.75. The van der Waals surface area contributed by atoms with E-state index in [1.165, 1.54) is 14.0 Å². The molecule has 3 rings (SSSR count). The van der Waals surface area contributed by atoms with Crippen LogP contribution in [0.3, 0.4) is 0 Å². The Morgan fingerprint density at radius 2 is 1.97 bits per heavy atom. The molecule has 2 amide bonds. The Kier molecular flexibility index (Phi) is 5.77. The van der Waals surface area contributed by atoms with Crippen molar-refractivity contribution < 1.29 is 19.1 Å². The van der Waals surface area contributed by atoms with Crippen LogP contribution in [0.15, 0.2) is 30.5 Å². The molecule has 29 heavy (non-hydrogen) atoms. The number of methoxy groups -OCH3 is 2. The number of nitrogens with one attached hydrogen (secondary N) is 2. The van der Waals surface area contributed by atoms with Crippen LogP contribution in [-0.2, 0) is 4.79 Å². The number of aromatic amines is 1. The van der Waals surface area contributed by atoms with Crippen LogP contribution >= 0.6 is 0 Å². The third-order valence-electron chi connectivity index (χ3n) is 4.34. The van der Waals surface area contributed by atoms with Gasteiger partial charge in [0.15, 0.2) is 0 Å². The van der Waals surface area contributed by atoms with Gasteiger partial charge in [-0.25, -0.2) is 4.98 Å². The molecular weight excluding hydrogens is 374 g/mol. The molecule has 0 bridgehead atoms. The predicted molar refractivity (Wildman–Crippen MR) is 108 cm³/mol. The highest BCUT2D eigenvalue weighted by Crippen LogP contribution is 2.32.